The Morgan fingerprint density at radius 3 is 2.48 bits per heavy atom. The van der Waals surface area contributed by atoms with Gasteiger partial charge in [-0.1, -0.05) is 6.92 Å². The molecule has 0 saturated carbocycles. The van der Waals surface area contributed by atoms with Crippen LogP contribution in [0.25, 0.3) is 0 Å². The Morgan fingerprint density at radius 1 is 1.35 bits per heavy atom. The molecule has 1 unspecified atom stereocenters. The van der Waals surface area contributed by atoms with Gasteiger partial charge < -0.3 is 9.64 Å². The molecule has 0 spiro atoms. The van der Waals surface area contributed by atoms with Crippen LogP contribution in [0.15, 0.2) is 24.3 Å². The minimum absolute atomic E-state index is 0.0225. The van der Waals surface area contributed by atoms with E-state index >= 15 is 0 Å². The molecule has 1 heterocycles. The number of nitrogens with zero attached hydrogens (tertiary/aromatic N) is 1. The summed E-state index contributed by atoms with van der Waals surface area (Å²) in [5.74, 6) is -0.253. The number of rotatable bonds is 6. The van der Waals surface area contributed by atoms with Crippen LogP contribution in [0.4, 0.5) is 8.78 Å². The highest BCUT2D eigenvalue weighted by atomic mass is 32.2. The normalized spacial score (nSPS) is 19.7. The van der Waals surface area contributed by atoms with E-state index in [-0.39, 0.29) is 29.2 Å². The van der Waals surface area contributed by atoms with Crippen LogP contribution in [-0.2, 0) is 9.84 Å². The van der Waals surface area contributed by atoms with Crippen molar-refractivity contribution in [3.63, 3.8) is 0 Å². The number of sulfone groups is 1. The van der Waals surface area contributed by atoms with Crippen molar-refractivity contribution in [3.8, 4) is 5.75 Å². The van der Waals surface area contributed by atoms with Crippen molar-refractivity contribution in [2.75, 3.05) is 18.1 Å². The van der Waals surface area contributed by atoms with Crippen LogP contribution < -0.4 is 4.74 Å². The van der Waals surface area contributed by atoms with Gasteiger partial charge in [-0.2, -0.15) is 8.78 Å². The Bertz CT molecular complexity index is 646. The number of hydrogen-bond acceptors (Lipinski definition) is 4. The van der Waals surface area contributed by atoms with Gasteiger partial charge in [-0.05, 0) is 37.1 Å². The molecular formula is C15H19F2NO4S. The molecular weight excluding hydrogens is 328 g/mol. The Hall–Kier alpha value is -1.70. The van der Waals surface area contributed by atoms with Crippen molar-refractivity contribution in [2.45, 2.75) is 32.4 Å². The Kier molecular flexibility index (Phi) is 5.56. The lowest BCUT2D eigenvalue weighted by atomic mass is 10.1. The number of amides is 1. The Labute approximate surface area is 134 Å². The second-order valence-electron chi connectivity index (χ2n) is 5.46. The number of ether oxygens (including phenoxy) is 1. The van der Waals surface area contributed by atoms with Gasteiger partial charge in [-0.25, -0.2) is 8.42 Å². The molecule has 1 aliphatic rings. The maximum atomic E-state index is 12.6. The molecule has 5 nitrogen and oxygen atoms in total. The number of carbonyl (C=O) groups is 1. The smallest absolute Gasteiger partial charge is 0.387 e. The zero-order valence-electron chi connectivity index (χ0n) is 12.7. The highest BCUT2D eigenvalue weighted by Gasteiger charge is 2.34. The molecule has 8 heteroatoms. The molecule has 0 aliphatic carbocycles. The van der Waals surface area contributed by atoms with E-state index in [1.54, 1.807) is 4.90 Å². The molecule has 128 valence electrons. The number of halogens is 2. The summed E-state index contributed by atoms with van der Waals surface area (Å²) < 4.78 is 51.8. The van der Waals surface area contributed by atoms with Crippen LogP contribution in [-0.4, -0.2) is 49.9 Å². The first-order valence-corrected chi connectivity index (χ1v) is 9.21. The van der Waals surface area contributed by atoms with E-state index < -0.39 is 16.4 Å². The summed E-state index contributed by atoms with van der Waals surface area (Å²) in [6.45, 7) is -0.561. The summed E-state index contributed by atoms with van der Waals surface area (Å²) in [4.78, 5) is 14.2. The number of alkyl halides is 2. The van der Waals surface area contributed by atoms with Crippen LogP contribution in [0.5, 0.6) is 5.75 Å². The maximum absolute atomic E-state index is 12.6. The second-order valence-corrected chi connectivity index (χ2v) is 7.69. The minimum Gasteiger partial charge on any atom is -0.435 e. The minimum atomic E-state index is -3.09. The fraction of sp³-hybridized carbons (Fsp3) is 0.533. The van der Waals surface area contributed by atoms with E-state index in [2.05, 4.69) is 4.74 Å². The summed E-state index contributed by atoms with van der Waals surface area (Å²) in [5, 5.41) is 0. The summed E-state index contributed by atoms with van der Waals surface area (Å²) in [6, 6.07) is 5.09. The largest absolute Gasteiger partial charge is 0.435 e. The summed E-state index contributed by atoms with van der Waals surface area (Å²) >= 11 is 0. The van der Waals surface area contributed by atoms with E-state index in [9.17, 15) is 22.0 Å². The van der Waals surface area contributed by atoms with Gasteiger partial charge in [0, 0.05) is 18.2 Å². The molecule has 0 radical (unpaired) electrons. The quantitative estimate of drug-likeness (QED) is 0.792. The Morgan fingerprint density at radius 2 is 2.00 bits per heavy atom. The van der Waals surface area contributed by atoms with Crippen molar-refractivity contribution in [3.05, 3.63) is 29.8 Å². The number of carbonyl (C=O) groups excluding carboxylic acids is 1. The maximum Gasteiger partial charge on any atom is 0.387 e. The van der Waals surface area contributed by atoms with Crippen molar-refractivity contribution < 1.29 is 26.7 Å². The van der Waals surface area contributed by atoms with Gasteiger partial charge in [0.1, 0.15) is 5.75 Å². The molecule has 1 aliphatic heterocycles. The van der Waals surface area contributed by atoms with Gasteiger partial charge in [0.05, 0.1) is 11.5 Å². The van der Waals surface area contributed by atoms with E-state index in [1.807, 2.05) is 6.92 Å². The third-order valence-electron chi connectivity index (χ3n) is 3.70. The van der Waals surface area contributed by atoms with Gasteiger partial charge in [0.15, 0.2) is 9.84 Å². The lowest BCUT2D eigenvalue weighted by Crippen LogP contribution is -2.41. The zero-order valence-corrected chi connectivity index (χ0v) is 13.6. The van der Waals surface area contributed by atoms with Gasteiger partial charge in [-0.15, -0.1) is 0 Å². The molecule has 1 aromatic carbocycles. The van der Waals surface area contributed by atoms with Gasteiger partial charge in [0.25, 0.3) is 5.91 Å². The number of hydrogen-bond donors (Lipinski definition) is 0. The van der Waals surface area contributed by atoms with Crippen LogP contribution in [0.2, 0.25) is 0 Å². The zero-order chi connectivity index (χ0) is 17.0. The topological polar surface area (TPSA) is 63.7 Å². The predicted molar refractivity (Wildman–Crippen MR) is 81.5 cm³/mol. The molecule has 2 rings (SSSR count). The lowest BCUT2D eigenvalue weighted by Gasteiger charge is -2.28. The van der Waals surface area contributed by atoms with Gasteiger partial charge >= 0.3 is 6.61 Å². The van der Waals surface area contributed by atoms with Crippen molar-refractivity contribution >= 4 is 15.7 Å². The Balaban J connectivity index is 2.14. The summed E-state index contributed by atoms with van der Waals surface area (Å²) in [5.41, 5.74) is 0.323. The average Bonchev–Trinajstić information content (AvgIpc) is 2.84. The molecule has 1 aromatic rings. The molecule has 23 heavy (non-hydrogen) atoms. The third kappa shape index (κ3) is 4.63. The van der Waals surface area contributed by atoms with E-state index in [1.165, 1.54) is 24.3 Å². The molecule has 1 saturated heterocycles. The SMILES string of the molecule is CCCN(C(=O)c1ccc(OC(F)F)cc1)C1CCS(=O)(=O)C1. The van der Waals surface area contributed by atoms with Gasteiger partial charge in [-0.3, -0.25) is 4.79 Å². The van der Waals surface area contributed by atoms with E-state index in [0.717, 1.165) is 0 Å². The van der Waals surface area contributed by atoms with Crippen molar-refractivity contribution in [2.24, 2.45) is 0 Å². The van der Waals surface area contributed by atoms with E-state index in [4.69, 9.17) is 0 Å². The molecule has 0 bridgehead atoms. The lowest BCUT2D eigenvalue weighted by molar-refractivity contribution is -0.0498. The number of benzene rings is 1. The molecule has 0 N–H and O–H groups in total. The fourth-order valence-electron chi connectivity index (χ4n) is 2.66. The van der Waals surface area contributed by atoms with Crippen LogP contribution >= 0.6 is 0 Å². The highest BCUT2D eigenvalue weighted by molar-refractivity contribution is 7.91. The average molecular weight is 347 g/mol. The molecule has 1 atom stereocenters. The summed E-state index contributed by atoms with van der Waals surface area (Å²) in [7, 11) is -3.09. The first kappa shape index (κ1) is 17.7. The van der Waals surface area contributed by atoms with Crippen LogP contribution in [0.1, 0.15) is 30.1 Å². The van der Waals surface area contributed by atoms with Crippen molar-refractivity contribution in [1.82, 2.24) is 4.90 Å². The molecule has 1 amide bonds. The summed E-state index contributed by atoms with van der Waals surface area (Å²) in [6.07, 6.45) is 1.13. The van der Waals surface area contributed by atoms with Gasteiger partial charge in [0.2, 0.25) is 0 Å². The predicted octanol–water partition coefficient (Wildman–Crippen LogP) is 2.33. The first-order chi connectivity index (χ1) is 10.8. The van der Waals surface area contributed by atoms with Crippen LogP contribution in [0, 0.1) is 0 Å². The van der Waals surface area contributed by atoms with Crippen molar-refractivity contribution in [1.29, 1.82) is 0 Å². The fourth-order valence-corrected chi connectivity index (χ4v) is 4.39. The first-order valence-electron chi connectivity index (χ1n) is 7.38. The highest BCUT2D eigenvalue weighted by Crippen LogP contribution is 2.22. The molecule has 1 fully saturated rings. The van der Waals surface area contributed by atoms with Crippen LogP contribution in [0.3, 0.4) is 0 Å². The molecule has 0 aromatic heterocycles. The second kappa shape index (κ2) is 7.25. The standard InChI is InChI=1S/C15H19F2NO4S/c1-2-8-18(12-7-9-23(20,21)10-12)14(19)11-3-5-13(6-4-11)22-15(16)17/h3-6,12,15H,2,7-10H2,1H3. The third-order valence-corrected chi connectivity index (χ3v) is 5.45. The van der Waals surface area contributed by atoms with E-state index in [0.29, 0.717) is 24.9 Å². The monoisotopic (exact) mass is 347 g/mol.